The van der Waals surface area contributed by atoms with Gasteiger partial charge in [-0.1, -0.05) is 26.8 Å². The number of methoxy groups -OCH3 is 1. The van der Waals surface area contributed by atoms with Gasteiger partial charge in [0.2, 0.25) is 0 Å². The zero-order chi connectivity index (χ0) is 18.2. The molecule has 0 bridgehead atoms. The first-order valence-electron chi connectivity index (χ1n) is 8.48. The van der Waals surface area contributed by atoms with Crippen molar-refractivity contribution in [3.63, 3.8) is 0 Å². The molecule has 1 aliphatic heterocycles. The topological polar surface area (TPSA) is 78.5 Å². The predicted octanol–water partition coefficient (Wildman–Crippen LogP) is 2.34. The van der Waals surface area contributed by atoms with Crippen LogP contribution in [0.25, 0.3) is 0 Å². The summed E-state index contributed by atoms with van der Waals surface area (Å²) in [4.78, 5) is 22.3. The molecular weight excluding hydrogens is 318 g/mol. The van der Waals surface area contributed by atoms with E-state index in [2.05, 4.69) is 9.88 Å². The second kappa shape index (κ2) is 6.52. The first-order chi connectivity index (χ1) is 11.8. The van der Waals surface area contributed by atoms with Crippen LogP contribution in [0.4, 0.5) is 0 Å². The summed E-state index contributed by atoms with van der Waals surface area (Å²) >= 11 is 0. The van der Waals surface area contributed by atoms with Gasteiger partial charge >= 0.3 is 0 Å². The average molecular weight is 343 g/mol. The molecular formula is C19H25N3O3. The largest absolute Gasteiger partial charge is 0.508 e. The SMILES string of the molecule is COc1cc(O)ccc1CN1CCc2nc(C(C)(C)C)[nH]c(=O)c2C1. The van der Waals surface area contributed by atoms with E-state index in [1.54, 1.807) is 19.2 Å². The zero-order valence-electron chi connectivity index (χ0n) is 15.2. The highest BCUT2D eigenvalue weighted by atomic mass is 16.5. The Kier molecular flexibility index (Phi) is 4.56. The number of H-pyrrole nitrogens is 1. The number of fused-ring (bicyclic) bond motifs is 1. The molecule has 6 heteroatoms. The van der Waals surface area contributed by atoms with E-state index < -0.39 is 0 Å². The highest BCUT2D eigenvalue weighted by Gasteiger charge is 2.25. The quantitative estimate of drug-likeness (QED) is 0.894. The number of phenolic OH excluding ortho intramolecular Hbond substituents is 1. The molecule has 1 aromatic heterocycles. The maximum Gasteiger partial charge on any atom is 0.255 e. The number of phenols is 1. The van der Waals surface area contributed by atoms with Crippen LogP contribution in [-0.4, -0.2) is 33.6 Å². The third-order valence-corrected chi connectivity index (χ3v) is 4.52. The Morgan fingerprint density at radius 3 is 2.80 bits per heavy atom. The van der Waals surface area contributed by atoms with Crippen LogP contribution in [0.5, 0.6) is 11.5 Å². The lowest BCUT2D eigenvalue weighted by Crippen LogP contribution is -2.37. The molecule has 0 amide bonds. The van der Waals surface area contributed by atoms with Gasteiger partial charge in [-0.3, -0.25) is 9.69 Å². The summed E-state index contributed by atoms with van der Waals surface area (Å²) in [7, 11) is 1.59. The third kappa shape index (κ3) is 3.69. The molecule has 0 radical (unpaired) electrons. The monoisotopic (exact) mass is 343 g/mol. The van der Waals surface area contributed by atoms with Crippen LogP contribution >= 0.6 is 0 Å². The molecule has 25 heavy (non-hydrogen) atoms. The molecule has 134 valence electrons. The van der Waals surface area contributed by atoms with E-state index in [0.29, 0.717) is 18.8 Å². The van der Waals surface area contributed by atoms with Gasteiger partial charge in [-0.2, -0.15) is 0 Å². The summed E-state index contributed by atoms with van der Waals surface area (Å²) in [5.41, 5.74) is 2.42. The molecule has 3 rings (SSSR count). The van der Waals surface area contributed by atoms with Gasteiger partial charge in [-0.05, 0) is 6.07 Å². The van der Waals surface area contributed by atoms with Crippen molar-refractivity contribution in [2.45, 2.75) is 45.7 Å². The Morgan fingerprint density at radius 2 is 2.12 bits per heavy atom. The van der Waals surface area contributed by atoms with Crippen molar-refractivity contribution < 1.29 is 9.84 Å². The van der Waals surface area contributed by atoms with E-state index in [-0.39, 0.29) is 16.7 Å². The summed E-state index contributed by atoms with van der Waals surface area (Å²) in [6.45, 7) is 8.18. The summed E-state index contributed by atoms with van der Waals surface area (Å²) in [6.07, 6.45) is 0.753. The van der Waals surface area contributed by atoms with Gasteiger partial charge in [0.1, 0.15) is 17.3 Å². The normalized spacial score (nSPS) is 15.0. The smallest absolute Gasteiger partial charge is 0.255 e. The first-order valence-corrected chi connectivity index (χ1v) is 8.48. The molecule has 1 aromatic carbocycles. The van der Waals surface area contributed by atoms with Crippen LogP contribution in [0.1, 0.15) is 43.4 Å². The number of hydrogen-bond acceptors (Lipinski definition) is 5. The number of aromatic amines is 1. The number of nitrogens with zero attached hydrogens (tertiary/aromatic N) is 2. The lowest BCUT2D eigenvalue weighted by atomic mass is 9.95. The highest BCUT2D eigenvalue weighted by molar-refractivity contribution is 5.40. The molecule has 2 N–H and O–H groups in total. The summed E-state index contributed by atoms with van der Waals surface area (Å²) in [6, 6.07) is 5.12. The van der Waals surface area contributed by atoms with Gasteiger partial charge in [0.25, 0.3) is 5.56 Å². The number of hydrogen-bond donors (Lipinski definition) is 2. The van der Waals surface area contributed by atoms with Crippen molar-refractivity contribution in [2.24, 2.45) is 0 Å². The second-order valence-electron chi connectivity index (χ2n) is 7.55. The molecule has 2 aromatic rings. The zero-order valence-corrected chi connectivity index (χ0v) is 15.2. The minimum Gasteiger partial charge on any atom is -0.508 e. The summed E-state index contributed by atoms with van der Waals surface area (Å²) in [5.74, 6) is 1.57. The van der Waals surface area contributed by atoms with E-state index in [9.17, 15) is 9.90 Å². The summed E-state index contributed by atoms with van der Waals surface area (Å²) < 4.78 is 5.35. The van der Waals surface area contributed by atoms with Crippen LogP contribution in [0.15, 0.2) is 23.0 Å². The molecule has 0 unspecified atom stereocenters. The lowest BCUT2D eigenvalue weighted by molar-refractivity contribution is 0.237. The number of nitrogens with one attached hydrogen (secondary N) is 1. The van der Waals surface area contributed by atoms with E-state index in [0.717, 1.165) is 35.6 Å². The van der Waals surface area contributed by atoms with E-state index in [1.807, 2.05) is 26.8 Å². The average Bonchev–Trinajstić information content (AvgIpc) is 2.56. The van der Waals surface area contributed by atoms with Crippen molar-refractivity contribution in [2.75, 3.05) is 13.7 Å². The predicted molar refractivity (Wildman–Crippen MR) is 96.0 cm³/mol. The van der Waals surface area contributed by atoms with Crippen LogP contribution in [0, 0.1) is 0 Å². The maximum absolute atomic E-state index is 12.5. The van der Waals surface area contributed by atoms with Gasteiger partial charge < -0.3 is 14.8 Å². The van der Waals surface area contributed by atoms with Gasteiger partial charge in [0.15, 0.2) is 0 Å². The standard InChI is InChI=1S/C19H25N3O3/c1-19(2,3)18-20-15-7-8-22(11-14(15)17(24)21-18)10-12-5-6-13(23)9-16(12)25-4/h5-6,9,23H,7-8,10-11H2,1-4H3,(H,20,21,24). The van der Waals surface area contributed by atoms with E-state index >= 15 is 0 Å². The van der Waals surface area contributed by atoms with Crippen LogP contribution in [-0.2, 0) is 24.9 Å². The Balaban J connectivity index is 1.84. The molecule has 6 nitrogen and oxygen atoms in total. The van der Waals surface area contributed by atoms with Crippen molar-refractivity contribution in [1.82, 2.24) is 14.9 Å². The van der Waals surface area contributed by atoms with E-state index in [4.69, 9.17) is 9.72 Å². The number of aromatic hydroxyl groups is 1. The Labute approximate surface area is 147 Å². The van der Waals surface area contributed by atoms with Crippen molar-refractivity contribution in [1.29, 1.82) is 0 Å². The fraction of sp³-hybridized carbons (Fsp3) is 0.474. The minimum atomic E-state index is -0.176. The fourth-order valence-electron chi connectivity index (χ4n) is 3.08. The van der Waals surface area contributed by atoms with Crippen molar-refractivity contribution in [3.05, 3.63) is 51.2 Å². The van der Waals surface area contributed by atoms with Crippen LogP contribution in [0.2, 0.25) is 0 Å². The Hall–Kier alpha value is -2.34. The number of ether oxygens (including phenoxy) is 1. The third-order valence-electron chi connectivity index (χ3n) is 4.52. The van der Waals surface area contributed by atoms with Gasteiger partial charge in [-0.25, -0.2) is 4.98 Å². The van der Waals surface area contributed by atoms with Crippen molar-refractivity contribution in [3.8, 4) is 11.5 Å². The van der Waals surface area contributed by atoms with Crippen molar-refractivity contribution >= 4 is 0 Å². The molecule has 0 fully saturated rings. The molecule has 1 aliphatic rings. The molecule has 0 aliphatic carbocycles. The van der Waals surface area contributed by atoms with Gasteiger partial charge in [0, 0.05) is 43.1 Å². The van der Waals surface area contributed by atoms with Gasteiger partial charge in [-0.15, -0.1) is 0 Å². The molecule has 0 saturated carbocycles. The number of rotatable bonds is 3. The Bertz CT molecular complexity index is 837. The lowest BCUT2D eigenvalue weighted by Gasteiger charge is -2.29. The Morgan fingerprint density at radius 1 is 1.36 bits per heavy atom. The molecule has 2 heterocycles. The number of benzene rings is 1. The second-order valence-corrected chi connectivity index (χ2v) is 7.55. The minimum absolute atomic E-state index is 0.0442. The number of aromatic nitrogens is 2. The van der Waals surface area contributed by atoms with Crippen LogP contribution in [0.3, 0.4) is 0 Å². The molecule has 0 saturated heterocycles. The molecule has 0 atom stereocenters. The van der Waals surface area contributed by atoms with Crippen LogP contribution < -0.4 is 10.3 Å². The van der Waals surface area contributed by atoms with Gasteiger partial charge in [0.05, 0.1) is 18.4 Å². The fourth-order valence-corrected chi connectivity index (χ4v) is 3.08. The van der Waals surface area contributed by atoms with E-state index in [1.165, 1.54) is 0 Å². The maximum atomic E-state index is 12.5. The highest BCUT2D eigenvalue weighted by Crippen LogP contribution is 2.27. The molecule has 0 spiro atoms. The summed E-state index contributed by atoms with van der Waals surface area (Å²) in [5, 5.41) is 9.59. The first kappa shape index (κ1) is 17.5.